The molecular formula is C23H26N12O. The minimum atomic E-state index is -0.206. The first kappa shape index (κ1) is 22.1. The Bertz CT molecular complexity index is 1490. The van der Waals surface area contributed by atoms with Crippen LogP contribution in [0.3, 0.4) is 0 Å². The fraction of sp³-hybridized carbons (Fsp3) is 0.348. The Hall–Kier alpha value is -4.39. The van der Waals surface area contributed by atoms with E-state index in [0.29, 0.717) is 35.5 Å². The number of nitrogens with one attached hydrogen (secondary N) is 3. The summed E-state index contributed by atoms with van der Waals surface area (Å²) in [5.41, 5.74) is 4.33. The van der Waals surface area contributed by atoms with Crippen molar-refractivity contribution in [2.24, 2.45) is 0 Å². The SMILES string of the molecule is CC1=C(C(=O)Nc2ccc3[nH]nc(-c4cc(N5CCN[C@@H](C)C5)ncn4)c3c2)Cn2nnnc2N1C. The zero-order valence-electron chi connectivity index (χ0n) is 20.2. The fourth-order valence-electron chi connectivity index (χ4n) is 4.68. The summed E-state index contributed by atoms with van der Waals surface area (Å²) in [6.45, 7) is 7.03. The first-order valence-corrected chi connectivity index (χ1v) is 11.8. The maximum atomic E-state index is 13.2. The van der Waals surface area contributed by atoms with Gasteiger partial charge in [-0.25, -0.2) is 14.6 Å². The number of H-pyrrole nitrogens is 1. The Labute approximate surface area is 206 Å². The number of rotatable bonds is 4. The van der Waals surface area contributed by atoms with E-state index in [0.717, 1.165) is 47.7 Å². The molecule has 1 saturated heterocycles. The summed E-state index contributed by atoms with van der Waals surface area (Å²) in [6, 6.07) is 8.01. The number of anilines is 3. The van der Waals surface area contributed by atoms with Crippen LogP contribution in [0.5, 0.6) is 0 Å². The summed E-state index contributed by atoms with van der Waals surface area (Å²) in [6.07, 6.45) is 1.57. The molecule has 3 N–H and O–H groups in total. The number of aromatic nitrogens is 8. The van der Waals surface area contributed by atoms with E-state index >= 15 is 0 Å². The van der Waals surface area contributed by atoms with Gasteiger partial charge >= 0.3 is 0 Å². The van der Waals surface area contributed by atoms with E-state index in [1.165, 1.54) is 0 Å². The van der Waals surface area contributed by atoms with Crippen LogP contribution in [-0.2, 0) is 11.3 Å². The minimum absolute atomic E-state index is 0.206. The summed E-state index contributed by atoms with van der Waals surface area (Å²) in [5.74, 6) is 1.27. The Morgan fingerprint density at radius 3 is 2.97 bits per heavy atom. The van der Waals surface area contributed by atoms with E-state index in [-0.39, 0.29) is 5.91 Å². The lowest BCUT2D eigenvalue weighted by atomic mass is 10.1. The largest absolute Gasteiger partial charge is 0.354 e. The van der Waals surface area contributed by atoms with Gasteiger partial charge in [-0.3, -0.25) is 9.89 Å². The van der Waals surface area contributed by atoms with Crippen molar-refractivity contribution in [1.82, 2.24) is 45.7 Å². The van der Waals surface area contributed by atoms with Gasteiger partial charge in [0.1, 0.15) is 17.8 Å². The van der Waals surface area contributed by atoms with Crippen LogP contribution in [0.15, 0.2) is 41.9 Å². The molecule has 36 heavy (non-hydrogen) atoms. The van der Waals surface area contributed by atoms with Crippen molar-refractivity contribution in [1.29, 1.82) is 0 Å². The lowest BCUT2D eigenvalue weighted by molar-refractivity contribution is -0.113. The number of benzene rings is 1. The van der Waals surface area contributed by atoms with Gasteiger partial charge in [-0.05, 0) is 42.5 Å². The van der Waals surface area contributed by atoms with E-state index in [4.69, 9.17) is 0 Å². The molecule has 2 aliphatic heterocycles. The summed E-state index contributed by atoms with van der Waals surface area (Å²) < 4.78 is 1.60. The average molecular weight is 487 g/mol. The molecule has 1 aromatic carbocycles. The molecule has 184 valence electrons. The highest BCUT2D eigenvalue weighted by Crippen LogP contribution is 2.30. The molecule has 13 heteroatoms. The Kier molecular flexibility index (Phi) is 5.33. The zero-order chi connectivity index (χ0) is 24.8. The van der Waals surface area contributed by atoms with E-state index in [9.17, 15) is 4.79 Å². The van der Waals surface area contributed by atoms with Crippen molar-refractivity contribution in [2.75, 3.05) is 41.8 Å². The van der Waals surface area contributed by atoms with Crippen molar-refractivity contribution in [3.63, 3.8) is 0 Å². The van der Waals surface area contributed by atoms with Gasteiger partial charge in [-0.15, -0.1) is 0 Å². The van der Waals surface area contributed by atoms with Crippen molar-refractivity contribution in [3.05, 3.63) is 41.9 Å². The highest BCUT2D eigenvalue weighted by Gasteiger charge is 2.27. The topological polar surface area (TPSA) is 146 Å². The number of hydrogen-bond donors (Lipinski definition) is 3. The van der Waals surface area contributed by atoms with Gasteiger partial charge in [0.15, 0.2) is 0 Å². The number of carbonyl (C=O) groups excluding carboxylic acids is 1. The Morgan fingerprint density at radius 2 is 2.11 bits per heavy atom. The van der Waals surface area contributed by atoms with E-state index in [1.807, 2.05) is 43.1 Å². The second kappa shape index (κ2) is 8.68. The molecule has 0 unspecified atom stereocenters. The molecule has 13 nitrogen and oxygen atoms in total. The number of hydrogen-bond acceptors (Lipinski definition) is 10. The molecule has 2 aliphatic rings. The normalized spacial score (nSPS) is 18.0. The summed E-state index contributed by atoms with van der Waals surface area (Å²) >= 11 is 0. The molecule has 3 aromatic heterocycles. The van der Waals surface area contributed by atoms with Crippen LogP contribution >= 0.6 is 0 Å². The van der Waals surface area contributed by atoms with E-state index < -0.39 is 0 Å². The fourth-order valence-corrected chi connectivity index (χ4v) is 4.68. The highest BCUT2D eigenvalue weighted by atomic mass is 16.1. The van der Waals surface area contributed by atoms with Crippen molar-refractivity contribution >= 4 is 34.3 Å². The molecule has 0 aliphatic carbocycles. The second-order valence-corrected chi connectivity index (χ2v) is 9.11. The highest BCUT2D eigenvalue weighted by molar-refractivity contribution is 6.06. The van der Waals surface area contributed by atoms with Gasteiger partial charge in [0.05, 0.1) is 23.3 Å². The molecule has 1 fully saturated rings. The van der Waals surface area contributed by atoms with Gasteiger partial charge in [-0.2, -0.15) is 5.10 Å². The van der Waals surface area contributed by atoms with Gasteiger partial charge in [0.2, 0.25) is 5.95 Å². The molecule has 4 aromatic rings. The third-order valence-corrected chi connectivity index (χ3v) is 6.74. The monoisotopic (exact) mass is 486 g/mol. The van der Waals surface area contributed by atoms with Crippen LogP contribution in [0.25, 0.3) is 22.3 Å². The van der Waals surface area contributed by atoms with Crippen LogP contribution in [0.2, 0.25) is 0 Å². The molecule has 0 radical (unpaired) electrons. The number of tetrazole rings is 1. The number of allylic oxidation sites excluding steroid dienone is 1. The number of piperazine rings is 1. The first-order chi connectivity index (χ1) is 17.5. The predicted molar refractivity (Wildman–Crippen MR) is 134 cm³/mol. The lowest BCUT2D eigenvalue weighted by Crippen LogP contribution is -2.49. The number of fused-ring (bicyclic) bond motifs is 2. The van der Waals surface area contributed by atoms with Gasteiger partial charge in [-0.1, -0.05) is 5.10 Å². The lowest BCUT2D eigenvalue weighted by Gasteiger charge is -2.32. The molecule has 6 rings (SSSR count). The molecule has 1 amide bonds. The van der Waals surface area contributed by atoms with E-state index in [2.05, 4.69) is 58.1 Å². The standard InChI is InChI=1S/C23H26N12O/c1-13-10-34(7-6-24-13)20-9-19(25-12-26-20)21-16-8-15(4-5-18(16)28-29-21)27-22(36)17-11-35-23(30-31-32-35)33(3)14(17)2/h4-5,8-9,12-13,24H,6-7,10-11H2,1-3H3,(H,27,36)(H,28,29)/t13-/m0/s1. The maximum absolute atomic E-state index is 13.2. The summed E-state index contributed by atoms with van der Waals surface area (Å²) in [7, 11) is 1.84. The number of amides is 1. The third kappa shape index (κ3) is 3.82. The minimum Gasteiger partial charge on any atom is -0.354 e. The van der Waals surface area contributed by atoms with Gasteiger partial charge < -0.3 is 20.4 Å². The van der Waals surface area contributed by atoms with Crippen molar-refractivity contribution < 1.29 is 4.79 Å². The smallest absolute Gasteiger partial charge is 0.255 e. The molecule has 0 spiro atoms. The van der Waals surface area contributed by atoms with Crippen molar-refractivity contribution in [3.8, 4) is 11.4 Å². The zero-order valence-corrected chi connectivity index (χ0v) is 20.2. The molecular weight excluding hydrogens is 460 g/mol. The van der Waals surface area contributed by atoms with Crippen LogP contribution in [0.4, 0.5) is 17.5 Å². The average Bonchev–Trinajstić information content (AvgIpc) is 3.53. The number of nitrogens with zero attached hydrogens (tertiary/aromatic N) is 9. The van der Waals surface area contributed by atoms with Crippen LogP contribution in [-0.4, -0.2) is 79.0 Å². The summed E-state index contributed by atoms with van der Waals surface area (Å²) in [4.78, 5) is 26.2. The summed E-state index contributed by atoms with van der Waals surface area (Å²) in [5, 5.41) is 26.6. The van der Waals surface area contributed by atoms with Gasteiger partial charge in [0, 0.05) is 55.6 Å². The van der Waals surface area contributed by atoms with Crippen LogP contribution < -0.4 is 20.4 Å². The Morgan fingerprint density at radius 1 is 1.22 bits per heavy atom. The quantitative estimate of drug-likeness (QED) is 0.384. The first-order valence-electron chi connectivity index (χ1n) is 11.8. The van der Waals surface area contributed by atoms with Crippen LogP contribution in [0.1, 0.15) is 13.8 Å². The van der Waals surface area contributed by atoms with E-state index in [1.54, 1.807) is 11.0 Å². The van der Waals surface area contributed by atoms with Gasteiger partial charge in [0.25, 0.3) is 5.91 Å². The molecule has 1 atom stereocenters. The van der Waals surface area contributed by atoms with Crippen molar-refractivity contribution in [2.45, 2.75) is 26.4 Å². The molecule has 0 saturated carbocycles. The predicted octanol–water partition coefficient (Wildman–Crippen LogP) is 1.17. The third-order valence-electron chi connectivity index (χ3n) is 6.74. The molecule has 5 heterocycles. The Balaban J connectivity index is 1.28. The number of aromatic amines is 1. The number of carbonyl (C=O) groups is 1. The molecule has 0 bridgehead atoms. The maximum Gasteiger partial charge on any atom is 0.255 e. The second-order valence-electron chi connectivity index (χ2n) is 9.11. The van der Waals surface area contributed by atoms with Crippen LogP contribution in [0, 0.1) is 0 Å².